The van der Waals surface area contributed by atoms with Gasteiger partial charge >= 0.3 is 0 Å². The summed E-state index contributed by atoms with van der Waals surface area (Å²) in [4.78, 5) is 8.89. The number of nitrogens with one attached hydrogen (secondary N) is 1. The Morgan fingerprint density at radius 3 is 2.55 bits per heavy atom. The van der Waals surface area contributed by atoms with Gasteiger partial charge in [-0.3, -0.25) is 0 Å². The lowest BCUT2D eigenvalue weighted by Crippen LogP contribution is -2.32. The summed E-state index contributed by atoms with van der Waals surface area (Å²) >= 11 is 0. The molecule has 0 bridgehead atoms. The first kappa shape index (κ1) is 18.7. The normalized spacial score (nSPS) is 25.1. The van der Waals surface area contributed by atoms with Crippen LogP contribution in [0.1, 0.15) is 63.5 Å². The number of nitrogen functional groups attached to an aromatic ring is 1. The number of aromatic nitrogens is 2. The molecule has 2 fully saturated rings. The van der Waals surface area contributed by atoms with Gasteiger partial charge in [-0.05, 0) is 68.1 Å². The molecule has 5 rings (SSSR count). The Morgan fingerprint density at radius 1 is 1.07 bits per heavy atom. The molecule has 0 saturated heterocycles. The molecular weight excluding hydrogens is 362 g/mol. The van der Waals surface area contributed by atoms with E-state index in [1.807, 2.05) is 0 Å². The van der Waals surface area contributed by atoms with E-state index < -0.39 is 0 Å². The van der Waals surface area contributed by atoms with E-state index in [9.17, 15) is 0 Å². The fraction of sp³-hybridized carbons (Fsp3) is 0.565. The zero-order valence-electron chi connectivity index (χ0n) is 17.4. The highest BCUT2D eigenvalue weighted by atomic mass is 16.5. The molecule has 6 nitrogen and oxygen atoms in total. The van der Waals surface area contributed by atoms with Crippen molar-refractivity contribution in [2.75, 3.05) is 11.1 Å². The van der Waals surface area contributed by atoms with Crippen LogP contribution in [0.15, 0.2) is 18.5 Å². The maximum atomic E-state index is 6.53. The maximum absolute atomic E-state index is 6.53. The fourth-order valence-electron chi connectivity index (χ4n) is 4.91. The minimum atomic E-state index is -0.135. The molecule has 1 aromatic carbocycles. The van der Waals surface area contributed by atoms with Crippen LogP contribution in [0.2, 0.25) is 0 Å². The van der Waals surface area contributed by atoms with Gasteiger partial charge < -0.3 is 21.5 Å². The minimum Gasteiger partial charge on any atom is -0.488 e. The average molecular weight is 394 g/mol. The predicted molar refractivity (Wildman–Crippen MR) is 116 cm³/mol. The third-order valence-corrected chi connectivity index (χ3v) is 6.64. The van der Waals surface area contributed by atoms with Crippen molar-refractivity contribution in [2.24, 2.45) is 5.73 Å². The molecule has 0 amide bonds. The quantitative estimate of drug-likeness (QED) is 0.731. The molecule has 0 aliphatic heterocycles. The van der Waals surface area contributed by atoms with E-state index in [1.165, 1.54) is 18.4 Å². The molecule has 5 N–H and O–H groups in total. The lowest BCUT2D eigenvalue weighted by molar-refractivity contribution is 0.148. The van der Waals surface area contributed by atoms with Gasteiger partial charge in [0.1, 0.15) is 17.9 Å². The summed E-state index contributed by atoms with van der Waals surface area (Å²) < 4.78 is 6.53. The second-order valence-electron chi connectivity index (χ2n) is 9.58. The average Bonchev–Trinajstić information content (AvgIpc) is 3.49. The Bertz CT molecular complexity index is 929. The molecule has 6 heteroatoms. The zero-order valence-corrected chi connectivity index (χ0v) is 17.4. The van der Waals surface area contributed by atoms with Gasteiger partial charge in [-0.1, -0.05) is 13.8 Å². The van der Waals surface area contributed by atoms with Gasteiger partial charge in [0.2, 0.25) is 0 Å². The first-order valence-electron chi connectivity index (χ1n) is 10.9. The smallest absolute Gasteiger partial charge is 0.143 e. The van der Waals surface area contributed by atoms with Gasteiger partial charge in [0.05, 0.1) is 17.5 Å². The predicted octanol–water partition coefficient (Wildman–Crippen LogP) is 3.78. The first-order chi connectivity index (χ1) is 13.9. The van der Waals surface area contributed by atoms with Crippen LogP contribution in [0.5, 0.6) is 5.75 Å². The molecule has 0 radical (unpaired) electrons. The van der Waals surface area contributed by atoms with Crippen molar-refractivity contribution < 1.29 is 4.74 Å². The fourth-order valence-corrected chi connectivity index (χ4v) is 4.91. The Morgan fingerprint density at radius 2 is 1.83 bits per heavy atom. The summed E-state index contributed by atoms with van der Waals surface area (Å²) in [5, 5.41) is 3.77. The largest absolute Gasteiger partial charge is 0.488 e. The van der Waals surface area contributed by atoms with Crippen LogP contribution in [0.4, 0.5) is 11.5 Å². The number of ether oxygens (including phenoxy) is 1. The van der Waals surface area contributed by atoms with E-state index in [1.54, 1.807) is 6.33 Å². The lowest BCUT2D eigenvalue weighted by Gasteiger charge is -2.36. The molecule has 1 aromatic heterocycles. The highest BCUT2D eigenvalue weighted by Gasteiger charge is 2.37. The maximum Gasteiger partial charge on any atom is 0.143 e. The molecule has 2 saturated carbocycles. The molecule has 0 unspecified atom stereocenters. The van der Waals surface area contributed by atoms with Crippen molar-refractivity contribution in [3.05, 3.63) is 29.6 Å². The number of anilines is 2. The summed E-state index contributed by atoms with van der Waals surface area (Å²) in [6, 6.07) is 5.13. The Balaban J connectivity index is 1.57. The van der Waals surface area contributed by atoms with Gasteiger partial charge in [-0.25, -0.2) is 9.97 Å². The van der Waals surface area contributed by atoms with Crippen molar-refractivity contribution in [2.45, 2.75) is 82.4 Å². The highest BCUT2D eigenvalue weighted by Crippen LogP contribution is 2.49. The van der Waals surface area contributed by atoms with Gasteiger partial charge in [0.15, 0.2) is 0 Å². The Hall–Kier alpha value is -2.34. The highest BCUT2D eigenvalue weighted by molar-refractivity contribution is 5.82. The molecule has 0 atom stereocenters. The van der Waals surface area contributed by atoms with Crippen molar-refractivity contribution in [1.82, 2.24) is 9.97 Å². The van der Waals surface area contributed by atoms with E-state index >= 15 is 0 Å². The van der Waals surface area contributed by atoms with Crippen LogP contribution in [0.25, 0.3) is 11.3 Å². The molecule has 3 aliphatic rings. The summed E-state index contributed by atoms with van der Waals surface area (Å²) in [7, 11) is 0. The summed E-state index contributed by atoms with van der Waals surface area (Å²) in [6.07, 6.45) is 9.27. The topological polar surface area (TPSA) is 99.1 Å². The van der Waals surface area contributed by atoms with Crippen molar-refractivity contribution in [3.8, 4) is 17.0 Å². The van der Waals surface area contributed by atoms with Crippen molar-refractivity contribution in [1.29, 1.82) is 0 Å². The summed E-state index contributed by atoms with van der Waals surface area (Å²) in [5.41, 5.74) is 17.8. The molecule has 0 spiro atoms. The summed E-state index contributed by atoms with van der Waals surface area (Å²) in [5.74, 6) is 1.55. The monoisotopic (exact) mass is 393 g/mol. The zero-order chi connectivity index (χ0) is 20.2. The van der Waals surface area contributed by atoms with Crippen LogP contribution < -0.4 is 21.5 Å². The third kappa shape index (κ3) is 3.44. The molecule has 3 aliphatic carbocycles. The number of fused-ring (bicyclic) bond motifs is 3. The van der Waals surface area contributed by atoms with Gasteiger partial charge in [0, 0.05) is 23.2 Å². The first-order valence-corrected chi connectivity index (χ1v) is 10.9. The van der Waals surface area contributed by atoms with E-state index in [0.717, 1.165) is 60.4 Å². The molecule has 154 valence electrons. The van der Waals surface area contributed by atoms with E-state index in [-0.39, 0.29) is 11.5 Å². The third-order valence-electron chi connectivity index (χ3n) is 6.64. The molecule has 2 aromatic rings. The van der Waals surface area contributed by atoms with Gasteiger partial charge in [0.25, 0.3) is 0 Å². The Kier molecular flexibility index (Phi) is 4.42. The second-order valence-corrected chi connectivity index (χ2v) is 9.58. The van der Waals surface area contributed by atoms with Gasteiger partial charge in [-0.15, -0.1) is 0 Å². The van der Waals surface area contributed by atoms with Crippen molar-refractivity contribution in [3.63, 3.8) is 0 Å². The van der Waals surface area contributed by atoms with Crippen LogP contribution in [-0.4, -0.2) is 28.2 Å². The number of rotatable bonds is 4. The van der Waals surface area contributed by atoms with E-state index in [0.29, 0.717) is 17.9 Å². The number of nitrogens with zero attached hydrogens (tertiary/aromatic N) is 2. The number of hydrogen-bond donors (Lipinski definition) is 3. The molecule has 29 heavy (non-hydrogen) atoms. The van der Waals surface area contributed by atoms with Crippen LogP contribution in [0, 0.1) is 0 Å². The van der Waals surface area contributed by atoms with E-state index in [2.05, 4.69) is 41.3 Å². The molecule has 1 heterocycles. The Labute approximate surface area is 172 Å². The lowest BCUT2D eigenvalue weighted by atomic mass is 9.71. The minimum absolute atomic E-state index is 0.135. The van der Waals surface area contributed by atoms with Crippen LogP contribution >= 0.6 is 0 Å². The number of hydrogen-bond acceptors (Lipinski definition) is 6. The SMILES string of the molecule is CC1(C)Cc2c(ccc(OC3CCC(N)CC3)c2NC2CC2)-c2ncnc(N)c21. The van der Waals surface area contributed by atoms with Crippen LogP contribution in [0.3, 0.4) is 0 Å². The number of nitrogens with two attached hydrogens (primary N) is 2. The molecular formula is C23H31N5O. The van der Waals surface area contributed by atoms with E-state index in [4.69, 9.17) is 16.2 Å². The van der Waals surface area contributed by atoms with Crippen LogP contribution in [-0.2, 0) is 11.8 Å². The summed E-state index contributed by atoms with van der Waals surface area (Å²) in [6.45, 7) is 4.46. The number of benzene rings is 1. The standard InChI is InChI=1S/C23H31N5O/c1-23(2)11-17-16(21-19(23)22(25)27-12-26-21)9-10-18(20(17)28-14-5-6-14)29-15-7-3-13(24)4-8-15/h9-10,12-15,28H,3-8,11,24H2,1-2H3,(H2,25,26,27). The van der Waals surface area contributed by atoms with Gasteiger partial charge in [-0.2, -0.15) is 0 Å². The van der Waals surface area contributed by atoms with Crippen molar-refractivity contribution >= 4 is 11.5 Å². The second kappa shape index (κ2) is 6.87.